The maximum absolute atomic E-state index is 12.7. The molecule has 1 aliphatic heterocycles. The van der Waals surface area contributed by atoms with Crippen molar-refractivity contribution < 1.29 is 8.42 Å². The summed E-state index contributed by atoms with van der Waals surface area (Å²) in [5.74, 6) is 0. The molecule has 1 heterocycles. The SMILES string of the molecule is C[C@H](CCc1ccccc1)N1CCN(S(=O)(=O)c2ccccc2)CC1. The van der Waals surface area contributed by atoms with Gasteiger partial charge in [-0.3, -0.25) is 4.90 Å². The van der Waals surface area contributed by atoms with E-state index in [4.69, 9.17) is 0 Å². The highest BCUT2D eigenvalue weighted by molar-refractivity contribution is 7.89. The van der Waals surface area contributed by atoms with Crippen LogP contribution in [0.3, 0.4) is 0 Å². The molecule has 1 atom stereocenters. The second-order valence-electron chi connectivity index (χ2n) is 6.63. The van der Waals surface area contributed by atoms with E-state index < -0.39 is 10.0 Å². The first-order valence-electron chi connectivity index (χ1n) is 8.90. The third kappa shape index (κ3) is 4.48. The Hall–Kier alpha value is -1.69. The molecule has 3 rings (SSSR count). The monoisotopic (exact) mass is 358 g/mol. The number of piperazine rings is 1. The van der Waals surface area contributed by atoms with Crippen molar-refractivity contribution in [3.63, 3.8) is 0 Å². The molecule has 0 aliphatic carbocycles. The fourth-order valence-corrected chi connectivity index (χ4v) is 4.77. The minimum Gasteiger partial charge on any atom is -0.298 e. The lowest BCUT2D eigenvalue weighted by Gasteiger charge is -2.37. The second kappa shape index (κ2) is 8.13. The van der Waals surface area contributed by atoms with Gasteiger partial charge in [0, 0.05) is 32.2 Å². The highest BCUT2D eigenvalue weighted by Gasteiger charge is 2.29. The Morgan fingerprint density at radius 3 is 2.04 bits per heavy atom. The summed E-state index contributed by atoms with van der Waals surface area (Å²) in [6.07, 6.45) is 2.15. The summed E-state index contributed by atoms with van der Waals surface area (Å²) in [4.78, 5) is 2.79. The fraction of sp³-hybridized carbons (Fsp3) is 0.400. The van der Waals surface area contributed by atoms with Gasteiger partial charge < -0.3 is 0 Å². The predicted octanol–water partition coefficient (Wildman–Crippen LogP) is 3.01. The van der Waals surface area contributed by atoms with Gasteiger partial charge in [-0.2, -0.15) is 4.31 Å². The van der Waals surface area contributed by atoms with E-state index in [1.54, 1.807) is 28.6 Å². The molecule has 1 fully saturated rings. The number of sulfonamides is 1. The second-order valence-corrected chi connectivity index (χ2v) is 8.56. The molecular weight excluding hydrogens is 332 g/mol. The molecule has 1 aliphatic rings. The maximum Gasteiger partial charge on any atom is 0.243 e. The molecule has 134 valence electrons. The molecule has 0 radical (unpaired) electrons. The molecule has 1 saturated heterocycles. The van der Waals surface area contributed by atoms with Crippen molar-refractivity contribution in [2.24, 2.45) is 0 Å². The van der Waals surface area contributed by atoms with Crippen molar-refractivity contribution in [1.82, 2.24) is 9.21 Å². The summed E-state index contributed by atoms with van der Waals surface area (Å²) in [5.41, 5.74) is 1.36. The minimum absolute atomic E-state index is 0.389. The summed E-state index contributed by atoms with van der Waals surface area (Å²) in [7, 11) is -3.36. The smallest absolute Gasteiger partial charge is 0.243 e. The first kappa shape index (κ1) is 18.1. The third-order valence-electron chi connectivity index (χ3n) is 4.97. The summed E-state index contributed by atoms with van der Waals surface area (Å²) in [6, 6.07) is 19.7. The number of hydrogen-bond acceptors (Lipinski definition) is 3. The molecule has 0 amide bonds. The zero-order chi connectivity index (χ0) is 17.7. The normalized spacial score (nSPS) is 18.1. The lowest BCUT2D eigenvalue weighted by Crippen LogP contribution is -2.51. The van der Waals surface area contributed by atoms with Crippen LogP contribution in [0.4, 0.5) is 0 Å². The highest BCUT2D eigenvalue weighted by Crippen LogP contribution is 2.19. The Balaban J connectivity index is 1.53. The van der Waals surface area contributed by atoms with Crippen molar-refractivity contribution in [1.29, 1.82) is 0 Å². The average molecular weight is 359 g/mol. The van der Waals surface area contributed by atoms with Crippen molar-refractivity contribution in [2.75, 3.05) is 26.2 Å². The Morgan fingerprint density at radius 1 is 0.880 bits per heavy atom. The topological polar surface area (TPSA) is 40.6 Å². The van der Waals surface area contributed by atoms with Gasteiger partial charge in [0.15, 0.2) is 0 Å². The van der Waals surface area contributed by atoms with Crippen LogP contribution in [0.2, 0.25) is 0 Å². The number of benzene rings is 2. The Bertz CT molecular complexity index is 755. The number of hydrogen-bond donors (Lipinski definition) is 0. The molecule has 2 aromatic rings. The van der Waals surface area contributed by atoms with Crippen LogP contribution in [0.1, 0.15) is 18.9 Å². The van der Waals surface area contributed by atoms with Crippen LogP contribution >= 0.6 is 0 Å². The van der Waals surface area contributed by atoms with E-state index in [1.165, 1.54) is 5.56 Å². The van der Waals surface area contributed by atoms with Crippen LogP contribution in [0, 0.1) is 0 Å². The number of nitrogens with zero attached hydrogens (tertiary/aromatic N) is 2. The van der Waals surface area contributed by atoms with Crippen LogP contribution in [-0.4, -0.2) is 49.8 Å². The van der Waals surface area contributed by atoms with Gasteiger partial charge in [0.2, 0.25) is 10.0 Å². The van der Waals surface area contributed by atoms with Crippen LogP contribution in [-0.2, 0) is 16.4 Å². The maximum atomic E-state index is 12.7. The average Bonchev–Trinajstić information content (AvgIpc) is 2.68. The van der Waals surface area contributed by atoms with E-state index in [2.05, 4.69) is 36.1 Å². The molecule has 25 heavy (non-hydrogen) atoms. The molecule has 0 unspecified atom stereocenters. The summed E-state index contributed by atoms with van der Waals surface area (Å²) >= 11 is 0. The molecule has 5 heteroatoms. The zero-order valence-electron chi connectivity index (χ0n) is 14.7. The Morgan fingerprint density at radius 2 is 1.44 bits per heavy atom. The van der Waals surface area contributed by atoms with Crippen molar-refractivity contribution in [2.45, 2.75) is 30.7 Å². The van der Waals surface area contributed by atoms with Gasteiger partial charge in [-0.15, -0.1) is 0 Å². The number of rotatable bonds is 6. The zero-order valence-corrected chi connectivity index (χ0v) is 15.5. The minimum atomic E-state index is -3.36. The molecule has 0 saturated carbocycles. The molecule has 0 N–H and O–H groups in total. The first-order valence-corrected chi connectivity index (χ1v) is 10.3. The lowest BCUT2D eigenvalue weighted by atomic mass is 10.0. The van der Waals surface area contributed by atoms with Gasteiger partial charge in [-0.25, -0.2) is 8.42 Å². The van der Waals surface area contributed by atoms with Gasteiger partial charge in [0.1, 0.15) is 0 Å². The van der Waals surface area contributed by atoms with Gasteiger partial charge in [-0.05, 0) is 37.5 Å². The summed E-state index contributed by atoms with van der Waals surface area (Å²) in [6.45, 7) is 4.95. The van der Waals surface area contributed by atoms with E-state index in [0.29, 0.717) is 24.0 Å². The van der Waals surface area contributed by atoms with Gasteiger partial charge in [-0.1, -0.05) is 48.5 Å². The summed E-state index contributed by atoms with van der Waals surface area (Å²) < 4.78 is 27.0. The molecule has 0 aromatic heterocycles. The highest BCUT2D eigenvalue weighted by atomic mass is 32.2. The third-order valence-corrected chi connectivity index (χ3v) is 6.88. The van der Waals surface area contributed by atoms with Gasteiger partial charge >= 0.3 is 0 Å². The molecular formula is C20H26N2O2S. The van der Waals surface area contributed by atoms with E-state index >= 15 is 0 Å². The largest absolute Gasteiger partial charge is 0.298 e. The van der Waals surface area contributed by atoms with Crippen LogP contribution in [0.15, 0.2) is 65.6 Å². The molecule has 0 spiro atoms. The van der Waals surface area contributed by atoms with Crippen LogP contribution in [0.25, 0.3) is 0 Å². The van der Waals surface area contributed by atoms with Crippen LogP contribution < -0.4 is 0 Å². The molecule has 2 aromatic carbocycles. The van der Waals surface area contributed by atoms with E-state index in [-0.39, 0.29) is 0 Å². The Kier molecular flexibility index (Phi) is 5.89. The predicted molar refractivity (Wildman–Crippen MR) is 101 cm³/mol. The van der Waals surface area contributed by atoms with Gasteiger partial charge in [0.25, 0.3) is 0 Å². The van der Waals surface area contributed by atoms with Crippen molar-refractivity contribution >= 4 is 10.0 Å². The van der Waals surface area contributed by atoms with E-state index in [1.807, 2.05) is 12.1 Å². The number of aryl methyl sites for hydroxylation is 1. The van der Waals surface area contributed by atoms with Crippen molar-refractivity contribution in [3.05, 3.63) is 66.2 Å². The molecule has 0 bridgehead atoms. The standard InChI is InChI=1S/C20H26N2O2S/c1-18(12-13-19-8-4-2-5-9-19)21-14-16-22(17-15-21)25(23,24)20-10-6-3-7-11-20/h2-11,18H,12-17H2,1H3/t18-/m1/s1. The fourth-order valence-electron chi connectivity index (χ4n) is 3.33. The van der Waals surface area contributed by atoms with E-state index in [9.17, 15) is 8.42 Å². The first-order chi connectivity index (χ1) is 12.1. The lowest BCUT2D eigenvalue weighted by molar-refractivity contribution is 0.140. The molecule has 4 nitrogen and oxygen atoms in total. The van der Waals surface area contributed by atoms with Crippen LogP contribution in [0.5, 0.6) is 0 Å². The Labute approximate surface area is 151 Å². The van der Waals surface area contributed by atoms with Crippen molar-refractivity contribution in [3.8, 4) is 0 Å². The summed E-state index contributed by atoms with van der Waals surface area (Å²) in [5, 5.41) is 0. The quantitative estimate of drug-likeness (QED) is 0.797. The van der Waals surface area contributed by atoms with Gasteiger partial charge in [0.05, 0.1) is 4.90 Å². The van der Waals surface area contributed by atoms with E-state index in [0.717, 1.165) is 25.9 Å².